The van der Waals surface area contributed by atoms with Crippen LogP contribution in [0.2, 0.25) is 0 Å². The summed E-state index contributed by atoms with van der Waals surface area (Å²) in [6, 6.07) is 3.74. The second kappa shape index (κ2) is 7.73. The van der Waals surface area contributed by atoms with E-state index in [1.165, 1.54) is 6.07 Å². The number of hydrogen-bond acceptors (Lipinski definition) is 4. The smallest absolute Gasteiger partial charge is 0.304 e. The molecule has 0 aromatic heterocycles. The Morgan fingerprint density at radius 2 is 2.00 bits per heavy atom. The van der Waals surface area contributed by atoms with Crippen molar-refractivity contribution in [2.75, 3.05) is 19.8 Å². The van der Waals surface area contributed by atoms with Gasteiger partial charge in [-0.1, -0.05) is 6.92 Å². The molecule has 0 spiro atoms. The van der Waals surface area contributed by atoms with E-state index in [1.807, 2.05) is 6.92 Å². The summed E-state index contributed by atoms with van der Waals surface area (Å²) >= 11 is 0. The fraction of sp³-hybridized carbons (Fsp3) is 0.500. The fourth-order valence-corrected chi connectivity index (χ4v) is 1.34. The van der Waals surface area contributed by atoms with Gasteiger partial charge in [0.05, 0.1) is 24.7 Å². The molecule has 0 aliphatic rings. The Bertz CT molecular complexity index is 398. The summed E-state index contributed by atoms with van der Waals surface area (Å²) in [7, 11) is 0. The van der Waals surface area contributed by atoms with Gasteiger partial charge >= 0.3 is 5.69 Å². The molecule has 6 heteroatoms. The maximum atomic E-state index is 13.3. The first-order valence-electron chi connectivity index (χ1n) is 5.73. The number of hydrogen-bond donors (Lipinski definition) is 0. The van der Waals surface area contributed by atoms with Gasteiger partial charge in [0, 0.05) is 12.7 Å². The van der Waals surface area contributed by atoms with E-state index in [1.54, 1.807) is 0 Å². The summed E-state index contributed by atoms with van der Waals surface area (Å²) in [6.07, 6.45) is 0.952. The van der Waals surface area contributed by atoms with Crippen LogP contribution in [0.4, 0.5) is 10.1 Å². The third-order valence-corrected chi connectivity index (χ3v) is 2.20. The minimum atomic E-state index is -0.844. The highest BCUT2D eigenvalue weighted by atomic mass is 19.1. The number of benzene rings is 1. The lowest BCUT2D eigenvalue weighted by Crippen LogP contribution is -2.05. The topological polar surface area (TPSA) is 61.6 Å². The molecule has 0 radical (unpaired) electrons. The molecule has 1 rings (SSSR count). The summed E-state index contributed by atoms with van der Waals surface area (Å²) in [6.45, 7) is 3.82. The zero-order valence-electron chi connectivity index (χ0n) is 10.2. The summed E-state index contributed by atoms with van der Waals surface area (Å²) in [5.41, 5.74) is 0.0404. The van der Waals surface area contributed by atoms with Crippen LogP contribution in [0.15, 0.2) is 18.2 Å². The van der Waals surface area contributed by atoms with Crippen LogP contribution in [0.1, 0.15) is 18.9 Å². The van der Waals surface area contributed by atoms with Crippen molar-refractivity contribution in [2.24, 2.45) is 0 Å². The first kappa shape index (κ1) is 14.5. The van der Waals surface area contributed by atoms with Crippen LogP contribution in [0.25, 0.3) is 0 Å². The molecule has 0 saturated heterocycles. The van der Waals surface area contributed by atoms with Crippen LogP contribution in [-0.4, -0.2) is 24.7 Å². The predicted molar refractivity (Wildman–Crippen MR) is 63.8 cm³/mol. The highest BCUT2D eigenvalue weighted by Gasteiger charge is 2.13. The maximum absolute atomic E-state index is 13.3. The van der Waals surface area contributed by atoms with Gasteiger partial charge in [0.25, 0.3) is 0 Å². The van der Waals surface area contributed by atoms with Crippen LogP contribution >= 0.6 is 0 Å². The highest BCUT2D eigenvalue weighted by molar-refractivity contribution is 5.34. The SMILES string of the molecule is CCCOCCOCc1ccc([N+](=O)[O-])c(F)c1. The Balaban J connectivity index is 2.35. The molecule has 0 atom stereocenters. The van der Waals surface area contributed by atoms with Crippen LogP contribution in [0, 0.1) is 15.9 Å². The second-order valence-corrected chi connectivity index (χ2v) is 3.71. The third-order valence-electron chi connectivity index (χ3n) is 2.20. The zero-order valence-corrected chi connectivity index (χ0v) is 10.2. The molecular weight excluding hydrogens is 241 g/mol. The normalized spacial score (nSPS) is 10.6. The average molecular weight is 257 g/mol. The first-order chi connectivity index (χ1) is 8.65. The lowest BCUT2D eigenvalue weighted by atomic mass is 10.2. The van der Waals surface area contributed by atoms with E-state index >= 15 is 0 Å². The predicted octanol–water partition coefficient (Wildman–Crippen LogP) is 2.68. The molecule has 1 aromatic rings. The molecule has 0 fully saturated rings. The zero-order chi connectivity index (χ0) is 13.4. The Morgan fingerprint density at radius 3 is 2.61 bits per heavy atom. The molecular formula is C12H16FNO4. The van der Waals surface area contributed by atoms with Crippen molar-refractivity contribution in [2.45, 2.75) is 20.0 Å². The molecule has 100 valence electrons. The monoisotopic (exact) mass is 257 g/mol. The van der Waals surface area contributed by atoms with E-state index in [2.05, 4.69) is 0 Å². The Morgan fingerprint density at radius 1 is 1.28 bits per heavy atom. The summed E-state index contributed by atoms with van der Waals surface area (Å²) in [5, 5.41) is 10.4. The fourth-order valence-electron chi connectivity index (χ4n) is 1.34. The summed E-state index contributed by atoms with van der Waals surface area (Å²) < 4.78 is 23.7. The minimum Gasteiger partial charge on any atom is -0.379 e. The molecule has 1 aromatic carbocycles. The number of rotatable bonds is 8. The number of nitrogens with zero attached hydrogens (tertiary/aromatic N) is 1. The van der Waals surface area contributed by atoms with Crippen LogP contribution in [0.3, 0.4) is 0 Å². The van der Waals surface area contributed by atoms with E-state index in [0.717, 1.165) is 18.6 Å². The van der Waals surface area contributed by atoms with Crippen molar-refractivity contribution in [3.8, 4) is 0 Å². The molecule has 0 bridgehead atoms. The number of halogens is 1. The van der Waals surface area contributed by atoms with Crippen molar-refractivity contribution < 1.29 is 18.8 Å². The number of ether oxygens (including phenoxy) is 2. The van der Waals surface area contributed by atoms with E-state index in [4.69, 9.17) is 9.47 Å². The van der Waals surface area contributed by atoms with E-state index in [9.17, 15) is 14.5 Å². The summed E-state index contributed by atoms with van der Waals surface area (Å²) in [4.78, 5) is 9.66. The number of nitro benzene ring substituents is 1. The van der Waals surface area contributed by atoms with Crippen molar-refractivity contribution in [3.63, 3.8) is 0 Å². The first-order valence-corrected chi connectivity index (χ1v) is 5.73. The van der Waals surface area contributed by atoms with Gasteiger partial charge in [-0.2, -0.15) is 4.39 Å². The molecule has 0 N–H and O–H groups in total. The van der Waals surface area contributed by atoms with Gasteiger partial charge in [-0.3, -0.25) is 10.1 Å². The van der Waals surface area contributed by atoms with Crippen molar-refractivity contribution in [3.05, 3.63) is 39.7 Å². The van der Waals surface area contributed by atoms with Crippen molar-refractivity contribution >= 4 is 5.69 Å². The maximum Gasteiger partial charge on any atom is 0.304 e. The Kier molecular flexibility index (Phi) is 6.24. The lowest BCUT2D eigenvalue weighted by Gasteiger charge is -2.05. The minimum absolute atomic E-state index is 0.213. The van der Waals surface area contributed by atoms with Crippen LogP contribution < -0.4 is 0 Å². The Hall–Kier alpha value is -1.53. The van der Waals surface area contributed by atoms with Crippen LogP contribution in [-0.2, 0) is 16.1 Å². The van der Waals surface area contributed by atoms with E-state index in [0.29, 0.717) is 25.4 Å². The highest BCUT2D eigenvalue weighted by Crippen LogP contribution is 2.18. The molecule has 5 nitrogen and oxygen atoms in total. The van der Waals surface area contributed by atoms with Crippen molar-refractivity contribution in [1.29, 1.82) is 0 Å². The van der Waals surface area contributed by atoms with Gasteiger partial charge < -0.3 is 9.47 Å². The Labute approximate surface area is 105 Å². The average Bonchev–Trinajstić information content (AvgIpc) is 2.33. The lowest BCUT2D eigenvalue weighted by molar-refractivity contribution is -0.387. The molecule has 0 unspecified atom stereocenters. The second-order valence-electron chi connectivity index (χ2n) is 3.71. The molecule has 0 amide bonds. The largest absolute Gasteiger partial charge is 0.379 e. The number of nitro groups is 1. The summed E-state index contributed by atoms with van der Waals surface area (Å²) in [5.74, 6) is -0.844. The molecule has 0 aliphatic carbocycles. The molecule has 18 heavy (non-hydrogen) atoms. The van der Waals surface area contributed by atoms with Crippen LogP contribution in [0.5, 0.6) is 0 Å². The molecule has 0 saturated carbocycles. The van der Waals surface area contributed by atoms with Gasteiger partial charge in [-0.25, -0.2) is 0 Å². The van der Waals surface area contributed by atoms with Gasteiger partial charge in [-0.05, 0) is 24.1 Å². The standard InChI is InChI=1S/C12H16FNO4/c1-2-5-17-6-7-18-9-10-3-4-12(14(15)16)11(13)8-10/h3-4,8H,2,5-7,9H2,1H3. The van der Waals surface area contributed by atoms with Gasteiger partial charge in [0.15, 0.2) is 0 Å². The molecule has 0 heterocycles. The van der Waals surface area contributed by atoms with Gasteiger partial charge in [0.2, 0.25) is 5.82 Å². The van der Waals surface area contributed by atoms with E-state index < -0.39 is 16.4 Å². The van der Waals surface area contributed by atoms with E-state index in [-0.39, 0.29) is 6.61 Å². The molecule has 0 aliphatic heterocycles. The van der Waals surface area contributed by atoms with Gasteiger partial charge in [0.1, 0.15) is 0 Å². The third kappa shape index (κ3) is 4.77. The quantitative estimate of drug-likeness (QED) is 0.408. The van der Waals surface area contributed by atoms with Crippen molar-refractivity contribution in [1.82, 2.24) is 0 Å². The van der Waals surface area contributed by atoms with Gasteiger partial charge in [-0.15, -0.1) is 0 Å².